The Kier molecular flexibility index (Phi) is 5.34. The summed E-state index contributed by atoms with van der Waals surface area (Å²) in [5.74, 6) is 0.292. The Morgan fingerprint density at radius 1 is 1.43 bits per heavy atom. The van der Waals surface area contributed by atoms with E-state index in [1.54, 1.807) is 0 Å². The second kappa shape index (κ2) is 7.03. The third-order valence-corrected chi connectivity index (χ3v) is 4.39. The van der Waals surface area contributed by atoms with Gasteiger partial charge in [0.1, 0.15) is 0 Å². The standard InChI is InChI=1S/C17H27N3O/c1-4-9-17(10-11-18-13-17)16(21)20(5-2)12-15-8-6-7-14(3)19-15/h6-8,18H,4-5,9-13H2,1-3H3. The number of pyridine rings is 1. The van der Waals surface area contributed by atoms with Crippen LogP contribution in [0.15, 0.2) is 18.2 Å². The van der Waals surface area contributed by atoms with Crippen LogP contribution in [0.1, 0.15) is 44.5 Å². The van der Waals surface area contributed by atoms with Crippen LogP contribution in [-0.4, -0.2) is 35.4 Å². The molecule has 2 heterocycles. The van der Waals surface area contributed by atoms with Gasteiger partial charge in [0.05, 0.1) is 17.7 Å². The Balaban J connectivity index is 2.14. The number of rotatable bonds is 6. The van der Waals surface area contributed by atoms with E-state index in [4.69, 9.17) is 0 Å². The topological polar surface area (TPSA) is 45.2 Å². The fourth-order valence-electron chi connectivity index (χ4n) is 3.27. The van der Waals surface area contributed by atoms with Gasteiger partial charge in [-0.15, -0.1) is 0 Å². The highest BCUT2D eigenvalue weighted by molar-refractivity contribution is 5.83. The van der Waals surface area contributed by atoms with Gasteiger partial charge in [0.25, 0.3) is 0 Å². The van der Waals surface area contributed by atoms with E-state index in [1.165, 1.54) is 0 Å². The summed E-state index contributed by atoms with van der Waals surface area (Å²) in [7, 11) is 0. The van der Waals surface area contributed by atoms with Crippen molar-refractivity contribution in [2.24, 2.45) is 5.41 Å². The molecule has 1 aromatic heterocycles. The van der Waals surface area contributed by atoms with Crippen molar-refractivity contribution in [3.8, 4) is 0 Å². The molecule has 1 aromatic rings. The van der Waals surface area contributed by atoms with E-state index in [1.807, 2.05) is 30.0 Å². The normalized spacial score (nSPS) is 21.5. The van der Waals surface area contributed by atoms with Crippen LogP contribution >= 0.6 is 0 Å². The largest absolute Gasteiger partial charge is 0.337 e. The van der Waals surface area contributed by atoms with Gasteiger partial charge in [-0.1, -0.05) is 19.4 Å². The maximum Gasteiger partial charge on any atom is 0.230 e. The van der Waals surface area contributed by atoms with E-state index < -0.39 is 0 Å². The van der Waals surface area contributed by atoms with E-state index in [0.29, 0.717) is 12.5 Å². The number of aromatic nitrogens is 1. The summed E-state index contributed by atoms with van der Waals surface area (Å²) in [5, 5.41) is 3.37. The molecule has 2 rings (SSSR count). The summed E-state index contributed by atoms with van der Waals surface area (Å²) >= 11 is 0. The molecule has 1 saturated heterocycles. The summed E-state index contributed by atoms with van der Waals surface area (Å²) in [5.41, 5.74) is 1.78. The van der Waals surface area contributed by atoms with E-state index in [9.17, 15) is 4.79 Å². The lowest BCUT2D eigenvalue weighted by Crippen LogP contribution is -2.45. The number of aryl methyl sites for hydroxylation is 1. The maximum atomic E-state index is 13.0. The predicted octanol–water partition coefficient (Wildman–Crippen LogP) is 2.52. The van der Waals surface area contributed by atoms with Crippen LogP contribution in [0.4, 0.5) is 0 Å². The van der Waals surface area contributed by atoms with E-state index in [-0.39, 0.29) is 5.41 Å². The molecular formula is C17H27N3O. The zero-order valence-corrected chi connectivity index (χ0v) is 13.5. The highest BCUT2D eigenvalue weighted by Gasteiger charge is 2.42. The minimum absolute atomic E-state index is 0.200. The molecule has 0 radical (unpaired) electrons. The average Bonchev–Trinajstić information content (AvgIpc) is 2.94. The number of amides is 1. The second-order valence-electron chi connectivity index (χ2n) is 6.05. The molecule has 1 amide bonds. The molecule has 1 aliphatic heterocycles. The summed E-state index contributed by atoms with van der Waals surface area (Å²) < 4.78 is 0. The molecule has 1 atom stereocenters. The minimum Gasteiger partial charge on any atom is -0.337 e. The number of carbonyl (C=O) groups is 1. The Morgan fingerprint density at radius 3 is 2.81 bits per heavy atom. The molecule has 0 aromatic carbocycles. The summed E-state index contributed by atoms with van der Waals surface area (Å²) in [6.07, 6.45) is 2.97. The molecule has 116 valence electrons. The molecule has 1 aliphatic rings. The second-order valence-corrected chi connectivity index (χ2v) is 6.05. The van der Waals surface area contributed by atoms with Crippen LogP contribution in [0, 0.1) is 12.3 Å². The number of nitrogens with one attached hydrogen (secondary N) is 1. The van der Waals surface area contributed by atoms with Crippen molar-refractivity contribution in [1.82, 2.24) is 15.2 Å². The highest BCUT2D eigenvalue weighted by Crippen LogP contribution is 2.33. The van der Waals surface area contributed by atoms with Gasteiger partial charge in [-0.05, 0) is 45.4 Å². The van der Waals surface area contributed by atoms with Gasteiger partial charge < -0.3 is 10.2 Å². The van der Waals surface area contributed by atoms with Crippen molar-refractivity contribution < 1.29 is 4.79 Å². The van der Waals surface area contributed by atoms with E-state index in [2.05, 4.69) is 24.1 Å². The van der Waals surface area contributed by atoms with Crippen LogP contribution < -0.4 is 5.32 Å². The quantitative estimate of drug-likeness (QED) is 0.875. The van der Waals surface area contributed by atoms with Gasteiger partial charge in [0.2, 0.25) is 5.91 Å². The summed E-state index contributed by atoms with van der Waals surface area (Å²) in [6, 6.07) is 6.00. The zero-order valence-electron chi connectivity index (χ0n) is 13.5. The average molecular weight is 289 g/mol. The first-order valence-corrected chi connectivity index (χ1v) is 8.04. The highest BCUT2D eigenvalue weighted by atomic mass is 16.2. The number of hydrogen-bond donors (Lipinski definition) is 1. The van der Waals surface area contributed by atoms with Crippen LogP contribution in [0.25, 0.3) is 0 Å². The fraction of sp³-hybridized carbons (Fsp3) is 0.647. The number of nitrogens with zero attached hydrogens (tertiary/aromatic N) is 2. The Hall–Kier alpha value is -1.42. The fourth-order valence-corrected chi connectivity index (χ4v) is 3.27. The first-order valence-electron chi connectivity index (χ1n) is 8.04. The number of carbonyl (C=O) groups excluding carboxylic acids is 1. The van der Waals surface area contributed by atoms with Crippen molar-refractivity contribution in [2.75, 3.05) is 19.6 Å². The lowest BCUT2D eigenvalue weighted by atomic mass is 9.81. The molecule has 0 spiro atoms. The molecule has 4 nitrogen and oxygen atoms in total. The smallest absolute Gasteiger partial charge is 0.230 e. The van der Waals surface area contributed by atoms with Gasteiger partial charge in [-0.3, -0.25) is 9.78 Å². The molecular weight excluding hydrogens is 262 g/mol. The molecule has 0 saturated carbocycles. The first kappa shape index (κ1) is 16.0. The predicted molar refractivity (Wildman–Crippen MR) is 84.9 cm³/mol. The van der Waals surface area contributed by atoms with E-state index in [0.717, 1.165) is 50.3 Å². The van der Waals surface area contributed by atoms with Crippen molar-refractivity contribution in [3.63, 3.8) is 0 Å². The molecule has 0 aliphatic carbocycles. The molecule has 1 N–H and O–H groups in total. The molecule has 21 heavy (non-hydrogen) atoms. The van der Waals surface area contributed by atoms with E-state index >= 15 is 0 Å². The molecule has 4 heteroatoms. The van der Waals surface area contributed by atoms with Gasteiger partial charge in [0.15, 0.2) is 0 Å². The van der Waals surface area contributed by atoms with Crippen LogP contribution in [0.3, 0.4) is 0 Å². The van der Waals surface area contributed by atoms with Crippen molar-refractivity contribution >= 4 is 5.91 Å². The van der Waals surface area contributed by atoms with Crippen LogP contribution in [0.2, 0.25) is 0 Å². The van der Waals surface area contributed by atoms with Gasteiger partial charge in [-0.2, -0.15) is 0 Å². The van der Waals surface area contributed by atoms with Crippen molar-refractivity contribution in [2.45, 2.75) is 46.6 Å². The minimum atomic E-state index is -0.200. The lowest BCUT2D eigenvalue weighted by Gasteiger charge is -2.33. The van der Waals surface area contributed by atoms with Crippen molar-refractivity contribution in [1.29, 1.82) is 0 Å². The monoisotopic (exact) mass is 289 g/mol. The zero-order chi connectivity index (χ0) is 15.3. The number of hydrogen-bond acceptors (Lipinski definition) is 3. The summed E-state index contributed by atoms with van der Waals surface area (Å²) in [4.78, 5) is 19.5. The molecule has 1 fully saturated rings. The molecule has 1 unspecified atom stereocenters. The first-order chi connectivity index (χ1) is 10.1. The third-order valence-electron chi connectivity index (χ3n) is 4.39. The van der Waals surface area contributed by atoms with Gasteiger partial charge >= 0.3 is 0 Å². The summed E-state index contributed by atoms with van der Waals surface area (Å²) in [6.45, 7) is 9.31. The third kappa shape index (κ3) is 3.62. The van der Waals surface area contributed by atoms with Gasteiger partial charge in [0, 0.05) is 18.8 Å². The van der Waals surface area contributed by atoms with Crippen molar-refractivity contribution in [3.05, 3.63) is 29.6 Å². The van der Waals surface area contributed by atoms with Crippen LogP contribution in [-0.2, 0) is 11.3 Å². The molecule has 0 bridgehead atoms. The lowest BCUT2D eigenvalue weighted by molar-refractivity contribution is -0.142. The van der Waals surface area contributed by atoms with Crippen LogP contribution in [0.5, 0.6) is 0 Å². The SMILES string of the molecule is CCCC1(C(=O)N(CC)Cc2cccc(C)n2)CCNC1. The Labute approximate surface area is 127 Å². The maximum absolute atomic E-state index is 13.0. The Bertz CT molecular complexity index is 481. The Morgan fingerprint density at radius 2 is 2.24 bits per heavy atom. The van der Waals surface area contributed by atoms with Gasteiger partial charge in [-0.25, -0.2) is 0 Å².